The SMILES string of the molecule is COc1cc(Cl)c(Br)c(CN)n1. The van der Waals surface area contributed by atoms with Crippen molar-refractivity contribution in [2.45, 2.75) is 6.54 Å². The number of pyridine rings is 1. The summed E-state index contributed by atoms with van der Waals surface area (Å²) in [5, 5.41) is 0.558. The lowest BCUT2D eigenvalue weighted by molar-refractivity contribution is 0.396. The van der Waals surface area contributed by atoms with Crippen molar-refractivity contribution in [3.8, 4) is 5.88 Å². The average Bonchev–Trinajstić information content (AvgIpc) is 2.09. The molecule has 3 nitrogen and oxygen atoms in total. The number of rotatable bonds is 2. The van der Waals surface area contributed by atoms with Crippen LogP contribution in [0, 0.1) is 0 Å². The molecule has 1 rings (SSSR count). The van der Waals surface area contributed by atoms with Crippen LogP contribution in [0.3, 0.4) is 0 Å². The topological polar surface area (TPSA) is 48.1 Å². The molecule has 0 unspecified atom stereocenters. The molecule has 0 aliphatic rings. The van der Waals surface area contributed by atoms with Gasteiger partial charge in [0.15, 0.2) is 0 Å². The Morgan fingerprint density at radius 1 is 1.75 bits per heavy atom. The zero-order chi connectivity index (χ0) is 9.14. The molecule has 0 amide bonds. The van der Waals surface area contributed by atoms with Gasteiger partial charge < -0.3 is 10.5 Å². The van der Waals surface area contributed by atoms with E-state index < -0.39 is 0 Å². The maximum absolute atomic E-state index is 5.85. The third kappa shape index (κ3) is 1.88. The Labute approximate surface area is 84.0 Å². The molecule has 1 aromatic rings. The van der Waals surface area contributed by atoms with Crippen LogP contribution in [-0.2, 0) is 6.54 Å². The van der Waals surface area contributed by atoms with E-state index in [0.29, 0.717) is 23.1 Å². The predicted octanol–water partition coefficient (Wildman–Crippen LogP) is 1.96. The van der Waals surface area contributed by atoms with Gasteiger partial charge in [0.05, 0.1) is 22.3 Å². The molecular weight excluding hydrogens is 243 g/mol. The Kier molecular flexibility index (Phi) is 3.31. The average molecular weight is 252 g/mol. The van der Waals surface area contributed by atoms with Gasteiger partial charge in [-0.1, -0.05) is 11.6 Å². The van der Waals surface area contributed by atoms with Crippen LogP contribution in [0.2, 0.25) is 5.02 Å². The highest BCUT2D eigenvalue weighted by Crippen LogP contribution is 2.28. The number of nitrogens with two attached hydrogens (primary N) is 1. The Hall–Kier alpha value is -0.320. The van der Waals surface area contributed by atoms with Gasteiger partial charge in [-0.2, -0.15) is 0 Å². The van der Waals surface area contributed by atoms with Gasteiger partial charge in [-0.3, -0.25) is 0 Å². The van der Waals surface area contributed by atoms with Crippen LogP contribution in [0.5, 0.6) is 5.88 Å². The van der Waals surface area contributed by atoms with Crippen LogP contribution < -0.4 is 10.5 Å². The van der Waals surface area contributed by atoms with E-state index in [1.165, 1.54) is 7.11 Å². The summed E-state index contributed by atoms with van der Waals surface area (Å²) in [4.78, 5) is 4.09. The second-order valence-corrected chi connectivity index (χ2v) is 3.31. The lowest BCUT2D eigenvalue weighted by atomic mass is 10.3. The van der Waals surface area contributed by atoms with Crippen molar-refractivity contribution in [1.82, 2.24) is 4.98 Å². The van der Waals surface area contributed by atoms with Crippen LogP contribution in [0.15, 0.2) is 10.5 Å². The van der Waals surface area contributed by atoms with Crippen molar-refractivity contribution in [3.63, 3.8) is 0 Å². The fourth-order valence-corrected chi connectivity index (χ4v) is 1.33. The summed E-state index contributed by atoms with van der Waals surface area (Å²) in [5.41, 5.74) is 6.13. The summed E-state index contributed by atoms with van der Waals surface area (Å²) in [6.45, 7) is 0.331. The third-order valence-corrected chi connectivity index (χ3v) is 2.77. The molecule has 1 heterocycles. The number of hydrogen-bond donors (Lipinski definition) is 1. The zero-order valence-electron chi connectivity index (χ0n) is 6.47. The largest absolute Gasteiger partial charge is 0.481 e. The fraction of sp³-hybridized carbons (Fsp3) is 0.286. The van der Waals surface area contributed by atoms with E-state index in [1.54, 1.807) is 6.07 Å². The Morgan fingerprint density at radius 2 is 2.42 bits per heavy atom. The first kappa shape index (κ1) is 9.77. The van der Waals surface area contributed by atoms with E-state index in [2.05, 4.69) is 20.9 Å². The number of halogens is 2. The molecular formula is C7H8BrClN2O. The number of methoxy groups -OCH3 is 1. The van der Waals surface area contributed by atoms with E-state index in [0.717, 1.165) is 4.47 Å². The predicted molar refractivity (Wildman–Crippen MR) is 51.4 cm³/mol. The highest BCUT2D eigenvalue weighted by molar-refractivity contribution is 9.10. The Morgan fingerprint density at radius 3 is 2.92 bits per heavy atom. The molecule has 0 bridgehead atoms. The van der Waals surface area contributed by atoms with Crippen molar-refractivity contribution in [2.24, 2.45) is 5.73 Å². The normalized spacial score (nSPS) is 10.0. The first-order valence-corrected chi connectivity index (χ1v) is 4.45. The number of nitrogens with zero attached hydrogens (tertiary/aromatic N) is 1. The molecule has 0 fully saturated rings. The van der Waals surface area contributed by atoms with Gasteiger partial charge >= 0.3 is 0 Å². The van der Waals surface area contributed by atoms with Crippen molar-refractivity contribution in [2.75, 3.05) is 7.11 Å². The standard InChI is InChI=1S/C7H8BrClN2O/c1-12-6-2-4(9)7(8)5(3-10)11-6/h2H,3,10H2,1H3. The minimum Gasteiger partial charge on any atom is -0.481 e. The second-order valence-electron chi connectivity index (χ2n) is 2.11. The lowest BCUT2D eigenvalue weighted by Gasteiger charge is -2.05. The maximum atomic E-state index is 5.85. The lowest BCUT2D eigenvalue weighted by Crippen LogP contribution is -2.02. The van der Waals surface area contributed by atoms with E-state index in [1.807, 2.05) is 0 Å². The second kappa shape index (κ2) is 4.07. The molecule has 0 atom stereocenters. The summed E-state index contributed by atoms with van der Waals surface area (Å²) in [7, 11) is 1.53. The van der Waals surface area contributed by atoms with Gasteiger partial charge in [0.1, 0.15) is 0 Å². The van der Waals surface area contributed by atoms with E-state index in [-0.39, 0.29) is 0 Å². The summed E-state index contributed by atoms with van der Waals surface area (Å²) in [6, 6.07) is 1.63. The number of hydrogen-bond acceptors (Lipinski definition) is 3. The first-order chi connectivity index (χ1) is 5.69. The number of ether oxygens (including phenoxy) is 1. The Bertz CT molecular complexity index is 293. The molecule has 0 saturated carbocycles. The first-order valence-electron chi connectivity index (χ1n) is 3.28. The third-order valence-electron chi connectivity index (χ3n) is 1.36. The van der Waals surface area contributed by atoms with Gasteiger partial charge in [-0.25, -0.2) is 4.98 Å². The van der Waals surface area contributed by atoms with Crippen molar-refractivity contribution in [1.29, 1.82) is 0 Å². The van der Waals surface area contributed by atoms with Gasteiger partial charge in [-0.05, 0) is 15.9 Å². The highest BCUT2D eigenvalue weighted by Gasteiger charge is 2.07. The molecule has 0 aliphatic carbocycles. The molecule has 12 heavy (non-hydrogen) atoms. The summed E-state index contributed by atoms with van der Waals surface area (Å²) >= 11 is 9.13. The molecule has 0 saturated heterocycles. The summed E-state index contributed by atoms with van der Waals surface area (Å²) in [5.74, 6) is 0.476. The van der Waals surface area contributed by atoms with Crippen LogP contribution in [0.1, 0.15) is 5.69 Å². The number of aromatic nitrogens is 1. The van der Waals surface area contributed by atoms with Crippen molar-refractivity contribution >= 4 is 27.5 Å². The van der Waals surface area contributed by atoms with Crippen LogP contribution >= 0.6 is 27.5 Å². The van der Waals surface area contributed by atoms with Crippen molar-refractivity contribution in [3.05, 3.63) is 21.3 Å². The molecule has 0 spiro atoms. The van der Waals surface area contributed by atoms with Gasteiger partial charge in [0.2, 0.25) is 5.88 Å². The summed E-state index contributed by atoms with van der Waals surface area (Å²) in [6.07, 6.45) is 0. The summed E-state index contributed by atoms with van der Waals surface area (Å²) < 4.78 is 5.65. The molecule has 0 radical (unpaired) electrons. The van der Waals surface area contributed by atoms with Crippen LogP contribution in [-0.4, -0.2) is 12.1 Å². The van der Waals surface area contributed by atoms with Gasteiger partial charge in [-0.15, -0.1) is 0 Å². The molecule has 66 valence electrons. The zero-order valence-corrected chi connectivity index (χ0v) is 8.82. The van der Waals surface area contributed by atoms with E-state index >= 15 is 0 Å². The minimum atomic E-state index is 0.331. The maximum Gasteiger partial charge on any atom is 0.214 e. The molecule has 5 heteroatoms. The monoisotopic (exact) mass is 250 g/mol. The molecule has 1 aromatic heterocycles. The minimum absolute atomic E-state index is 0.331. The highest BCUT2D eigenvalue weighted by atomic mass is 79.9. The van der Waals surface area contributed by atoms with Gasteiger partial charge in [0, 0.05) is 12.6 Å². The molecule has 0 aromatic carbocycles. The van der Waals surface area contributed by atoms with Gasteiger partial charge in [0.25, 0.3) is 0 Å². The smallest absolute Gasteiger partial charge is 0.214 e. The molecule has 2 N–H and O–H groups in total. The Balaban J connectivity index is 3.19. The van der Waals surface area contributed by atoms with Crippen LogP contribution in [0.4, 0.5) is 0 Å². The van der Waals surface area contributed by atoms with E-state index in [9.17, 15) is 0 Å². The fourth-order valence-electron chi connectivity index (χ4n) is 0.764. The van der Waals surface area contributed by atoms with Crippen LogP contribution in [0.25, 0.3) is 0 Å². The molecule has 0 aliphatic heterocycles. The van der Waals surface area contributed by atoms with E-state index in [4.69, 9.17) is 22.1 Å². The van der Waals surface area contributed by atoms with Crippen molar-refractivity contribution < 1.29 is 4.74 Å². The quantitative estimate of drug-likeness (QED) is 0.874.